The Hall–Kier alpha value is -2.13. The minimum absolute atomic E-state index is 0.263. The molecule has 2 aromatic heterocycles. The molecule has 1 aliphatic rings. The summed E-state index contributed by atoms with van der Waals surface area (Å²) >= 11 is 1.31. The van der Waals surface area contributed by atoms with Crippen molar-refractivity contribution in [1.82, 2.24) is 19.4 Å². The van der Waals surface area contributed by atoms with Crippen LogP contribution >= 0.6 is 12.1 Å². The van der Waals surface area contributed by atoms with Crippen LogP contribution in [0.2, 0.25) is 0 Å². The molecule has 3 rings (SSSR count). The Morgan fingerprint density at radius 1 is 1.39 bits per heavy atom. The van der Waals surface area contributed by atoms with E-state index in [0.29, 0.717) is 6.04 Å². The minimum atomic E-state index is -0.263. The molecular weight excluding hydrogens is 376 g/mol. The van der Waals surface area contributed by atoms with E-state index in [1.165, 1.54) is 12.1 Å². The molecule has 8 nitrogen and oxygen atoms in total. The van der Waals surface area contributed by atoms with Crippen molar-refractivity contribution in [2.75, 3.05) is 29.8 Å². The summed E-state index contributed by atoms with van der Waals surface area (Å²) in [5.74, 6) is 1.68. The monoisotopic (exact) mass is 406 g/mol. The van der Waals surface area contributed by atoms with E-state index in [4.69, 9.17) is 4.42 Å². The van der Waals surface area contributed by atoms with Gasteiger partial charge in [-0.15, -0.1) is 0 Å². The molecule has 1 aliphatic heterocycles. The lowest BCUT2D eigenvalue weighted by Crippen LogP contribution is -2.45. The lowest BCUT2D eigenvalue weighted by Gasteiger charge is -2.37. The number of urea groups is 1. The summed E-state index contributed by atoms with van der Waals surface area (Å²) in [6.45, 7) is 6.10. The number of aromatic nitrogens is 2. The van der Waals surface area contributed by atoms with Crippen molar-refractivity contribution < 1.29 is 9.21 Å². The largest absolute Gasteiger partial charge is 0.464 e. The van der Waals surface area contributed by atoms with E-state index in [1.54, 1.807) is 4.68 Å². The van der Waals surface area contributed by atoms with Gasteiger partial charge in [-0.25, -0.2) is 4.79 Å². The number of piperidine rings is 1. The average molecular weight is 407 g/mol. The average Bonchev–Trinajstić information content (AvgIpc) is 3.28. The number of aryl methyl sites for hydroxylation is 3. The van der Waals surface area contributed by atoms with Crippen molar-refractivity contribution in [1.29, 1.82) is 0 Å². The van der Waals surface area contributed by atoms with E-state index >= 15 is 0 Å². The number of rotatable bonds is 7. The molecule has 0 spiro atoms. The quantitative estimate of drug-likeness (QED) is 0.686. The van der Waals surface area contributed by atoms with Gasteiger partial charge in [0.15, 0.2) is 0 Å². The Morgan fingerprint density at radius 2 is 2.21 bits per heavy atom. The zero-order valence-corrected chi connectivity index (χ0v) is 17.9. The van der Waals surface area contributed by atoms with Gasteiger partial charge in [0.25, 0.3) is 0 Å². The van der Waals surface area contributed by atoms with Gasteiger partial charge >= 0.3 is 6.03 Å². The number of anilines is 2. The second kappa shape index (κ2) is 9.38. The van der Waals surface area contributed by atoms with E-state index in [2.05, 4.69) is 31.4 Å². The predicted octanol–water partition coefficient (Wildman–Crippen LogP) is 3.42. The highest BCUT2D eigenvalue weighted by molar-refractivity contribution is 7.99. The van der Waals surface area contributed by atoms with E-state index < -0.39 is 0 Å². The van der Waals surface area contributed by atoms with Gasteiger partial charge < -0.3 is 14.6 Å². The van der Waals surface area contributed by atoms with Crippen molar-refractivity contribution in [3.8, 4) is 0 Å². The second-order valence-electron chi connectivity index (χ2n) is 7.16. The van der Waals surface area contributed by atoms with Crippen LogP contribution in [-0.2, 0) is 19.9 Å². The predicted molar refractivity (Wildman–Crippen MR) is 113 cm³/mol. The number of carbonyl (C=O) groups is 1. The van der Waals surface area contributed by atoms with E-state index in [0.717, 1.165) is 61.7 Å². The summed E-state index contributed by atoms with van der Waals surface area (Å²) in [4.78, 5) is 14.8. The summed E-state index contributed by atoms with van der Waals surface area (Å²) in [6, 6.07) is 1.94. The smallest absolute Gasteiger partial charge is 0.330 e. The molecule has 0 aliphatic carbocycles. The number of nitrogens with one attached hydrogen (secondary N) is 2. The Kier molecular flexibility index (Phi) is 6.90. The first-order valence-corrected chi connectivity index (χ1v) is 10.6. The zero-order chi connectivity index (χ0) is 20.1. The lowest BCUT2D eigenvalue weighted by molar-refractivity contribution is 0.253. The molecule has 2 N–H and O–H groups in total. The highest BCUT2D eigenvalue weighted by atomic mass is 32.2. The number of hydrogen-bond acceptors (Lipinski definition) is 6. The molecule has 0 radical (unpaired) electrons. The molecule has 1 unspecified atom stereocenters. The van der Waals surface area contributed by atoms with Crippen molar-refractivity contribution in [2.24, 2.45) is 7.05 Å². The first-order chi connectivity index (χ1) is 13.5. The van der Waals surface area contributed by atoms with E-state index in [1.807, 2.05) is 39.4 Å². The van der Waals surface area contributed by atoms with Crippen LogP contribution in [0.3, 0.4) is 0 Å². The fraction of sp³-hybridized carbons (Fsp3) is 0.579. The van der Waals surface area contributed by atoms with Gasteiger partial charge in [0.05, 0.1) is 35.7 Å². The first kappa shape index (κ1) is 20.6. The number of furan rings is 1. The Balaban J connectivity index is 1.66. The van der Waals surface area contributed by atoms with Crippen LogP contribution in [-0.4, -0.2) is 46.9 Å². The Labute approximate surface area is 170 Å². The molecule has 28 heavy (non-hydrogen) atoms. The van der Waals surface area contributed by atoms with Crippen molar-refractivity contribution >= 4 is 29.5 Å². The maximum atomic E-state index is 12.5. The highest BCUT2D eigenvalue weighted by Gasteiger charge is 2.26. The van der Waals surface area contributed by atoms with Gasteiger partial charge in [0.2, 0.25) is 0 Å². The number of nitrogens with zero attached hydrogens (tertiary/aromatic N) is 4. The second-order valence-corrected chi connectivity index (χ2v) is 7.94. The molecule has 0 aromatic carbocycles. The number of amides is 2. The molecule has 2 aromatic rings. The van der Waals surface area contributed by atoms with Crippen LogP contribution < -0.4 is 14.3 Å². The number of carbonyl (C=O) groups excluding carboxylic acids is 1. The molecular formula is C19H30N6O2S. The SMILES string of the molecule is CCc1cc(NC(=O)NSN(c2cnn(C)c2)C2CCCN(C)C2)c(CC)o1. The number of hydrogen-bond donors (Lipinski definition) is 2. The highest BCUT2D eigenvalue weighted by Crippen LogP contribution is 2.28. The molecule has 9 heteroatoms. The number of likely N-dealkylation sites (N-methyl/N-ethyl adjacent to an activating group) is 1. The third-order valence-electron chi connectivity index (χ3n) is 4.89. The summed E-state index contributed by atoms with van der Waals surface area (Å²) < 4.78 is 12.6. The van der Waals surface area contributed by atoms with Gasteiger partial charge in [0.1, 0.15) is 11.5 Å². The Morgan fingerprint density at radius 3 is 2.86 bits per heavy atom. The van der Waals surface area contributed by atoms with Gasteiger partial charge in [0, 0.05) is 38.7 Å². The molecule has 3 heterocycles. The molecule has 2 amide bonds. The minimum Gasteiger partial charge on any atom is -0.464 e. The maximum Gasteiger partial charge on any atom is 0.330 e. The van der Waals surface area contributed by atoms with Crippen LogP contribution in [0.1, 0.15) is 38.2 Å². The van der Waals surface area contributed by atoms with Gasteiger partial charge in [-0.3, -0.25) is 13.7 Å². The van der Waals surface area contributed by atoms with Crippen LogP contribution in [0.4, 0.5) is 16.2 Å². The standard InChI is InChI=1S/C19H30N6O2S/c1-5-16-10-17(18(6-2)27-16)21-19(26)22-28-25(15-11-20-24(4)13-15)14-8-7-9-23(3)12-14/h10-11,13-14H,5-9,12H2,1-4H3,(H2,21,22,26). The lowest BCUT2D eigenvalue weighted by atomic mass is 10.1. The van der Waals surface area contributed by atoms with Crippen molar-refractivity contribution in [3.63, 3.8) is 0 Å². The van der Waals surface area contributed by atoms with Gasteiger partial charge in [-0.05, 0) is 26.4 Å². The molecule has 0 bridgehead atoms. The molecule has 1 saturated heterocycles. The summed E-state index contributed by atoms with van der Waals surface area (Å²) in [5, 5.41) is 7.21. The third-order valence-corrected chi connectivity index (χ3v) is 5.87. The normalized spacial score (nSPS) is 17.5. The third kappa shape index (κ3) is 5.02. The Bertz CT molecular complexity index is 789. The summed E-state index contributed by atoms with van der Waals surface area (Å²) in [7, 11) is 4.03. The van der Waals surface area contributed by atoms with Crippen molar-refractivity contribution in [3.05, 3.63) is 30.0 Å². The maximum absolute atomic E-state index is 12.5. The van der Waals surface area contributed by atoms with Crippen LogP contribution in [0.15, 0.2) is 22.9 Å². The summed E-state index contributed by atoms with van der Waals surface area (Å²) in [6.07, 6.45) is 7.56. The first-order valence-electron chi connectivity index (χ1n) is 9.82. The van der Waals surface area contributed by atoms with Crippen molar-refractivity contribution in [2.45, 2.75) is 45.6 Å². The van der Waals surface area contributed by atoms with Gasteiger partial charge in [-0.2, -0.15) is 5.10 Å². The van der Waals surface area contributed by atoms with Crippen LogP contribution in [0.5, 0.6) is 0 Å². The summed E-state index contributed by atoms with van der Waals surface area (Å²) in [5.41, 5.74) is 1.72. The zero-order valence-electron chi connectivity index (χ0n) is 17.1. The molecule has 1 fully saturated rings. The van der Waals surface area contributed by atoms with E-state index in [9.17, 15) is 4.79 Å². The van der Waals surface area contributed by atoms with Crippen LogP contribution in [0, 0.1) is 0 Å². The fourth-order valence-electron chi connectivity index (χ4n) is 3.46. The van der Waals surface area contributed by atoms with Gasteiger partial charge in [-0.1, -0.05) is 13.8 Å². The fourth-order valence-corrected chi connectivity index (χ4v) is 4.21. The number of likely N-dealkylation sites (tertiary alicyclic amines) is 1. The molecule has 1 atom stereocenters. The molecule has 154 valence electrons. The van der Waals surface area contributed by atoms with Crippen LogP contribution in [0.25, 0.3) is 0 Å². The molecule has 0 saturated carbocycles. The topological polar surface area (TPSA) is 78.6 Å². The van der Waals surface area contributed by atoms with E-state index in [-0.39, 0.29) is 6.03 Å².